The molecule has 3 heterocycles. The maximum Gasteiger partial charge on any atom is 0.270 e. The van der Waals surface area contributed by atoms with Gasteiger partial charge in [0.15, 0.2) is 0 Å². The van der Waals surface area contributed by atoms with Gasteiger partial charge in [0.05, 0.1) is 6.61 Å². The van der Waals surface area contributed by atoms with Crippen molar-refractivity contribution in [1.82, 2.24) is 9.88 Å². The molecule has 0 saturated carbocycles. The zero-order valence-electron chi connectivity index (χ0n) is 14.5. The molecule has 3 aromatic rings. The second-order valence-corrected chi connectivity index (χ2v) is 7.55. The van der Waals surface area contributed by atoms with Gasteiger partial charge in [-0.1, -0.05) is 18.2 Å². The van der Waals surface area contributed by atoms with Crippen LogP contribution in [0.15, 0.2) is 42.5 Å². The minimum Gasteiger partial charge on any atom is -0.493 e. The first-order chi connectivity index (χ1) is 12.5. The predicted molar refractivity (Wildman–Crippen MR) is 97.0 cm³/mol. The number of aryl methyl sites for hydroxylation is 1. The molecule has 1 fully saturated rings. The number of hydrogen-bond donors (Lipinski definition) is 1. The van der Waals surface area contributed by atoms with Gasteiger partial charge in [0.25, 0.3) is 5.91 Å². The molecule has 1 spiro atoms. The second-order valence-electron chi connectivity index (χ2n) is 7.55. The number of aromatic nitrogens is 1. The number of aromatic amines is 1. The summed E-state index contributed by atoms with van der Waals surface area (Å²) in [5.41, 5.74) is 3.37. The van der Waals surface area contributed by atoms with E-state index in [0.29, 0.717) is 25.4 Å². The highest BCUT2D eigenvalue weighted by atomic mass is 19.1. The van der Waals surface area contributed by atoms with Crippen molar-refractivity contribution >= 4 is 16.8 Å². The fourth-order valence-corrected chi connectivity index (χ4v) is 4.26. The van der Waals surface area contributed by atoms with Crippen LogP contribution in [0.3, 0.4) is 0 Å². The molecule has 2 aromatic carbocycles. The summed E-state index contributed by atoms with van der Waals surface area (Å²) in [6.45, 7) is 3.87. The maximum atomic E-state index is 13.5. The van der Waals surface area contributed by atoms with Gasteiger partial charge in [-0.2, -0.15) is 0 Å². The van der Waals surface area contributed by atoms with E-state index >= 15 is 0 Å². The van der Waals surface area contributed by atoms with Crippen molar-refractivity contribution in [2.75, 3.05) is 19.7 Å². The molecule has 5 rings (SSSR count). The van der Waals surface area contributed by atoms with Gasteiger partial charge in [-0.3, -0.25) is 4.79 Å². The summed E-state index contributed by atoms with van der Waals surface area (Å²) in [6.07, 6.45) is 0.934. The van der Waals surface area contributed by atoms with Gasteiger partial charge in [0.1, 0.15) is 17.3 Å². The van der Waals surface area contributed by atoms with Crippen molar-refractivity contribution in [2.24, 2.45) is 5.41 Å². The van der Waals surface area contributed by atoms with Crippen molar-refractivity contribution in [3.8, 4) is 5.75 Å². The van der Waals surface area contributed by atoms with Crippen LogP contribution in [0.2, 0.25) is 0 Å². The molecule has 26 heavy (non-hydrogen) atoms. The molecule has 2 aliphatic heterocycles. The Balaban J connectivity index is 1.37. The lowest BCUT2D eigenvalue weighted by atomic mass is 9.74. The zero-order chi connectivity index (χ0) is 17.9. The molecule has 0 unspecified atom stereocenters. The van der Waals surface area contributed by atoms with E-state index < -0.39 is 0 Å². The number of ether oxygens (including phenoxy) is 1. The van der Waals surface area contributed by atoms with Crippen molar-refractivity contribution in [1.29, 1.82) is 0 Å². The second kappa shape index (κ2) is 5.34. The van der Waals surface area contributed by atoms with Crippen LogP contribution in [0.4, 0.5) is 4.39 Å². The van der Waals surface area contributed by atoms with Gasteiger partial charge in [0, 0.05) is 29.4 Å². The molecule has 5 heteroatoms. The van der Waals surface area contributed by atoms with Gasteiger partial charge in [-0.25, -0.2) is 4.39 Å². The normalized spacial score (nSPS) is 17.7. The fraction of sp³-hybridized carbons (Fsp3) is 0.286. The average Bonchev–Trinajstić information content (AvgIpc) is 2.95. The highest BCUT2D eigenvalue weighted by molar-refractivity contribution is 6.01. The van der Waals surface area contributed by atoms with E-state index in [1.165, 1.54) is 17.7 Å². The Morgan fingerprint density at radius 1 is 1.23 bits per heavy atom. The summed E-state index contributed by atoms with van der Waals surface area (Å²) in [4.78, 5) is 17.9. The minimum absolute atomic E-state index is 0.00996. The van der Waals surface area contributed by atoms with E-state index in [1.54, 1.807) is 6.07 Å². The number of hydrogen-bond acceptors (Lipinski definition) is 2. The number of likely N-dealkylation sites (tertiary alicyclic amines) is 1. The van der Waals surface area contributed by atoms with Crippen LogP contribution in [0.25, 0.3) is 10.9 Å². The number of nitrogens with one attached hydrogen (secondary N) is 1. The summed E-state index contributed by atoms with van der Waals surface area (Å²) in [5, 5.41) is 0.763. The summed E-state index contributed by atoms with van der Waals surface area (Å²) >= 11 is 0. The molecule has 1 amide bonds. The number of halogens is 1. The lowest BCUT2D eigenvalue weighted by Gasteiger charge is -2.51. The van der Waals surface area contributed by atoms with Gasteiger partial charge < -0.3 is 14.6 Å². The van der Waals surface area contributed by atoms with E-state index in [0.717, 1.165) is 28.6 Å². The Morgan fingerprint density at radius 3 is 2.88 bits per heavy atom. The highest BCUT2D eigenvalue weighted by Gasteiger charge is 2.48. The number of fused-ring (bicyclic) bond motifs is 2. The molecule has 1 aromatic heterocycles. The molecule has 132 valence electrons. The monoisotopic (exact) mass is 350 g/mol. The van der Waals surface area contributed by atoms with Crippen LogP contribution in [-0.2, 0) is 6.42 Å². The van der Waals surface area contributed by atoms with Crippen LogP contribution in [0.1, 0.15) is 21.6 Å². The SMILES string of the molecule is Cc1c(C(=O)N2CC3(COc4ccccc4C3)C2)[nH]c2ccc(F)cc12. The van der Waals surface area contributed by atoms with Gasteiger partial charge in [-0.05, 0) is 48.7 Å². The quantitative estimate of drug-likeness (QED) is 0.727. The van der Waals surface area contributed by atoms with Crippen molar-refractivity contribution in [3.63, 3.8) is 0 Å². The molecule has 1 N–H and O–H groups in total. The molecular weight excluding hydrogens is 331 g/mol. The largest absolute Gasteiger partial charge is 0.493 e. The lowest BCUT2D eigenvalue weighted by Crippen LogP contribution is -2.63. The van der Waals surface area contributed by atoms with Crippen molar-refractivity contribution in [3.05, 3.63) is 65.1 Å². The molecule has 1 saturated heterocycles. The summed E-state index contributed by atoms with van der Waals surface area (Å²) in [5.74, 6) is 0.638. The summed E-state index contributed by atoms with van der Waals surface area (Å²) in [7, 11) is 0. The molecular formula is C21H19FN2O2. The van der Waals surface area contributed by atoms with Crippen LogP contribution in [0.5, 0.6) is 5.75 Å². The fourth-order valence-electron chi connectivity index (χ4n) is 4.26. The molecule has 2 aliphatic rings. The van der Waals surface area contributed by atoms with Crippen LogP contribution in [0, 0.1) is 18.2 Å². The Hall–Kier alpha value is -2.82. The number of para-hydroxylation sites is 1. The third-order valence-electron chi connectivity index (χ3n) is 5.65. The van der Waals surface area contributed by atoms with E-state index in [2.05, 4.69) is 11.1 Å². The third kappa shape index (κ3) is 2.23. The Labute approximate surface area is 150 Å². The summed E-state index contributed by atoms with van der Waals surface area (Å²) < 4.78 is 19.4. The van der Waals surface area contributed by atoms with Crippen LogP contribution in [-0.4, -0.2) is 35.5 Å². The van der Waals surface area contributed by atoms with E-state index in [1.807, 2.05) is 30.0 Å². The number of carbonyl (C=O) groups excluding carboxylic acids is 1. The molecule has 4 nitrogen and oxygen atoms in total. The smallest absolute Gasteiger partial charge is 0.270 e. The van der Waals surface area contributed by atoms with E-state index in [4.69, 9.17) is 4.74 Å². The standard InChI is InChI=1S/C21H19FN2O2/c1-13-16-8-15(22)6-7-17(16)23-19(13)20(25)24-10-21(11-24)9-14-4-2-3-5-18(14)26-12-21/h2-8,23H,9-12H2,1H3. The number of rotatable bonds is 1. The first kappa shape index (κ1) is 15.4. The first-order valence-electron chi connectivity index (χ1n) is 8.83. The van der Waals surface area contributed by atoms with Gasteiger partial charge in [-0.15, -0.1) is 0 Å². The number of H-pyrrole nitrogens is 1. The number of carbonyl (C=O) groups is 1. The molecule has 0 atom stereocenters. The predicted octanol–water partition coefficient (Wildman–Crippen LogP) is 3.69. The van der Waals surface area contributed by atoms with E-state index in [-0.39, 0.29) is 17.1 Å². The Morgan fingerprint density at radius 2 is 2.04 bits per heavy atom. The Bertz CT molecular complexity index is 1030. The van der Waals surface area contributed by atoms with Gasteiger partial charge >= 0.3 is 0 Å². The van der Waals surface area contributed by atoms with E-state index in [9.17, 15) is 9.18 Å². The molecule has 0 radical (unpaired) electrons. The first-order valence-corrected chi connectivity index (χ1v) is 8.83. The van der Waals surface area contributed by atoms with Crippen LogP contribution < -0.4 is 4.74 Å². The third-order valence-corrected chi connectivity index (χ3v) is 5.65. The Kier molecular flexibility index (Phi) is 3.17. The van der Waals surface area contributed by atoms with Crippen LogP contribution >= 0.6 is 0 Å². The number of amides is 1. The highest BCUT2D eigenvalue weighted by Crippen LogP contribution is 2.41. The number of benzene rings is 2. The maximum absolute atomic E-state index is 13.5. The lowest BCUT2D eigenvalue weighted by molar-refractivity contribution is -0.0293. The molecule has 0 aliphatic carbocycles. The number of nitrogens with zero attached hydrogens (tertiary/aromatic N) is 1. The topological polar surface area (TPSA) is 45.3 Å². The minimum atomic E-state index is -0.292. The zero-order valence-corrected chi connectivity index (χ0v) is 14.5. The average molecular weight is 350 g/mol. The van der Waals surface area contributed by atoms with Gasteiger partial charge in [0.2, 0.25) is 0 Å². The van der Waals surface area contributed by atoms with Crippen molar-refractivity contribution < 1.29 is 13.9 Å². The molecule has 0 bridgehead atoms. The van der Waals surface area contributed by atoms with Crippen molar-refractivity contribution in [2.45, 2.75) is 13.3 Å². The summed E-state index contributed by atoms with van der Waals surface area (Å²) in [6, 6.07) is 12.7.